The molecule has 11 heteroatoms. The smallest absolute Gasteiger partial charge is 0.310 e. The van der Waals surface area contributed by atoms with Gasteiger partial charge in [0.2, 0.25) is 18.1 Å². The Kier molecular flexibility index (Phi) is 9.61. The van der Waals surface area contributed by atoms with Gasteiger partial charge in [-0.25, -0.2) is 0 Å². The molecule has 220 valence electrons. The van der Waals surface area contributed by atoms with Crippen LogP contribution < -0.4 is 16.4 Å². The monoisotopic (exact) mass is 576 g/mol. The van der Waals surface area contributed by atoms with E-state index in [2.05, 4.69) is 31.4 Å². The molecule has 0 spiro atoms. The van der Waals surface area contributed by atoms with Crippen LogP contribution in [-0.4, -0.2) is 65.7 Å². The molecule has 2 heterocycles. The summed E-state index contributed by atoms with van der Waals surface area (Å²) < 4.78 is 11.9. The highest BCUT2D eigenvalue weighted by Gasteiger charge is 2.44. The van der Waals surface area contributed by atoms with E-state index in [1.807, 2.05) is 0 Å². The number of carbonyl (C=O) groups excluding carboxylic acids is 4. The zero-order valence-corrected chi connectivity index (χ0v) is 24.4. The summed E-state index contributed by atoms with van der Waals surface area (Å²) in [5.41, 5.74) is 6.34. The summed E-state index contributed by atoms with van der Waals surface area (Å²) in [4.78, 5) is 53.1. The SMILES string of the molecule is CC(NC(=O)c1ccc(N)c(Cl)c1)C(=O)N1CCCC1C(=O)NC1CC(=O)O[C@H]1O[C@H]1C[C@@H](C)CC[C@@H]1C(C)C. The first-order valence-electron chi connectivity index (χ1n) is 14.3. The third kappa shape index (κ3) is 6.89. The molecule has 4 rings (SSSR count). The summed E-state index contributed by atoms with van der Waals surface area (Å²) >= 11 is 6.02. The van der Waals surface area contributed by atoms with Crippen LogP contribution in [0.1, 0.15) is 76.6 Å². The number of benzene rings is 1. The molecule has 3 fully saturated rings. The van der Waals surface area contributed by atoms with E-state index in [-0.39, 0.29) is 34.9 Å². The Morgan fingerprint density at radius 1 is 1.18 bits per heavy atom. The first kappa shape index (κ1) is 30.1. The van der Waals surface area contributed by atoms with Crippen LogP contribution in [0.25, 0.3) is 0 Å². The molecule has 0 bridgehead atoms. The number of amides is 3. The number of nitrogens with one attached hydrogen (secondary N) is 2. The number of likely N-dealkylation sites (tertiary alicyclic amines) is 1. The van der Waals surface area contributed by atoms with E-state index in [1.54, 1.807) is 6.92 Å². The molecule has 1 aromatic rings. The third-order valence-electron chi connectivity index (χ3n) is 8.38. The maximum Gasteiger partial charge on any atom is 0.310 e. The number of esters is 1. The van der Waals surface area contributed by atoms with Crippen LogP contribution in [0.15, 0.2) is 18.2 Å². The molecule has 1 aromatic carbocycles. The zero-order valence-electron chi connectivity index (χ0n) is 23.7. The lowest BCUT2D eigenvalue weighted by molar-refractivity contribution is -0.191. The van der Waals surface area contributed by atoms with Gasteiger partial charge in [-0.1, -0.05) is 38.8 Å². The molecule has 3 amide bonds. The molecule has 3 unspecified atom stereocenters. The van der Waals surface area contributed by atoms with Crippen molar-refractivity contribution in [2.75, 3.05) is 12.3 Å². The third-order valence-corrected chi connectivity index (χ3v) is 8.71. The molecular formula is C29H41ClN4O6. The highest BCUT2D eigenvalue weighted by atomic mass is 35.5. The molecule has 4 N–H and O–H groups in total. The zero-order chi connectivity index (χ0) is 29.1. The van der Waals surface area contributed by atoms with Crippen molar-refractivity contribution >= 4 is 41.0 Å². The highest BCUT2D eigenvalue weighted by Crippen LogP contribution is 2.37. The molecule has 40 heavy (non-hydrogen) atoms. The molecule has 1 aliphatic carbocycles. The van der Waals surface area contributed by atoms with Crippen molar-refractivity contribution in [3.63, 3.8) is 0 Å². The van der Waals surface area contributed by atoms with Crippen LogP contribution in [0.5, 0.6) is 0 Å². The topological polar surface area (TPSA) is 140 Å². The second kappa shape index (κ2) is 12.8. The van der Waals surface area contributed by atoms with E-state index in [0.717, 1.165) is 19.3 Å². The number of ether oxygens (including phenoxy) is 2. The van der Waals surface area contributed by atoms with Gasteiger partial charge >= 0.3 is 5.97 Å². The first-order chi connectivity index (χ1) is 18.9. The van der Waals surface area contributed by atoms with E-state index in [0.29, 0.717) is 42.8 Å². The molecule has 2 saturated heterocycles. The van der Waals surface area contributed by atoms with Crippen LogP contribution in [0.2, 0.25) is 5.02 Å². The molecular weight excluding hydrogens is 536 g/mol. The van der Waals surface area contributed by atoms with Gasteiger partial charge < -0.3 is 30.7 Å². The lowest BCUT2D eigenvalue weighted by Crippen LogP contribution is -2.55. The Balaban J connectivity index is 1.37. The summed E-state index contributed by atoms with van der Waals surface area (Å²) in [5.74, 6) is -0.308. The number of hydrogen-bond donors (Lipinski definition) is 3. The highest BCUT2D eigenvalue weighted by molar-refractivity contribution is 6.33. The van der Waals surface area contributed by atoms with Crippen LogP contribution >= 0.6 is 11.6 Å². The number of hydrogen-bond acceptors (Lipinski definition) is 7. The van der Waals surface area contributed by atoms with Gasteiger partial charge in [0, 0.05) is 12.1 Å². The predicted octanol–water partition coefficient (Wildman–Crippen LogP) is 3.27. The minimum atomic E-state index is -0.869. The van der Waals surface area contributed by atoms with Gasteiger partial charge in [-0.2, -0.15) is 0 Å². The Morgan fingerprint density at radius 3 is 2.62 bits per heavy atom. The predicted molar refractivity (Wildman–Crippen MR) is 150 cm³/mol. The second-order valence-corrected chi connectivity index (χ2v) is 12.2. The standard InChI is InChI=1S/C29H41ClN4O6/c1-15(2)19-9-7-16(3)12-24(19)39-29-22(14-25(35)40-29)33-27(37)23-6-5-11-34(23)28(38)17(4)32-26(36)18-8-10-21(31)20(30)13-18/h8,10,13,15-17,19,22-24,29H,5-7,9,11-12,14,31H2,1-4H3,(H,32,36)(H,33,37)/t16-,17?,19+,22?,23?,24-,29+/m0/s1. The molecule has 0 aromatic heterocycles. The number of nitrogens with zero attached hydrogens (tertiary/aromatic N) is 1. The Morgan fingerprint density at radius 2 is 1.93 bits per heavy atom. The summed E-state index contributed by atoms with van der Waals surface area (Å²) in [6.07, 6.45) is 3.32. The summed E-state index contributed by atoms with van der Waals surface area (Å²) in [6, 6.07) is 2.28. The minimum Gasteiger partial charge on any atom is -0.433 e. The van der Waals surface area contributed by atoms with E-state index in [9.17, 15) is 19.2 Å². The van der Waals surface area contributed by atoms with E-state index < -0.39 is 36.3 Å². The average molecular weight is 577 g/mol. The number of carbonyl (C=O) groups is 4. The Hall–Kier alpha value is -2.85. The van der Waals surface area contributed by atoms with Crippen molar-refractivity contribution in [1.29, 1.82) is 0 Å². The molecule has 0 radical (unpaired) electrons. The fourth-order valence-electron chi connectivity index (χ4n) is 6.06. The number of nitrogens with two attached hydrogens (primary N) is 1. The lowest BCUT2D eigenvalue weighted by atomic mass is 9.75. The van der Waals surface area contributed by atoms with Gasteiger partial charge in [0.25, 0.3) is 5.91 Å². The van der Waals surface area contributed by atoms with Gasteiger partial charge in [0.1, 0.15) is 18.1 Å². The van der Waals surface area contributed by atoms with Crippen molar-refractivity contribution in [2.45, 2.75) is 96.7 Å². The molecule has 3 aliphatic rings. The normalized spacial score (nSPS) is 29.2. The van der Waals surface area contributed by atoms with Gasteiger partial charge in [0.05, 0.1) is 23.2 Å². The fourth-order valence-corrected chi connectivity index (χ4v) is 6.24. The summed E-state index contributed by atoms with van der Waals surface area (Å²) in [7, 11) is 0. The van der Waals surface area contributed by atoms with Crippen molar-refractivity contribution in [3.05, 3.63) is 28.8 Å². The fraction of sp³-hybridized carbons (Fsp3) is 0.655. The maximum atomic E-state index is 13.4. The molecule has 7 atom stereocenters. The molecule has 10 nitrogen and oxygen atoms in total. The number of halogens is 1. The van der Waals surface area contributed by atoms with Gasteiger partial charge in [0.15, 0.2) is 0 Å². The van der Waals surface area contributed by atoms with Crippen LogP contribution in [-0.2, 0) is 23.9 Å². The molecule has 2 aliphatic heterocycles. The largest absolute Gasteiger partial charge is 0.433 e. The van der Waals surface area contributed by atoms with Crippen molar-refractivity contribution < 1.29 is 28.7 Å². The molecule has 1 saturated carbocycles. The maximum absolute atomic E-state index is 13.4. The quantitative estimate of drug-likeness (QED) is 0.319. The van der Waals surface area contributed by atoms with E-state index in [1.165, 1.54) is 23.1 Å². The van der Waals surface area contributed by atoms with Gasteiger partial charge in [-0.05, 0) is 68.6 Å². The van der Waals surface area contributed by atoms with Crippen molar-refractivity contribution in [3.8, 4) is 0 Å². The number of rotatable bonds is 8. The van der Waals surface area contributed by atoms with Gasteiger partial charge in [-0.15, -0.1) is 0 Å². The van der Waals surface area contributed by atoms with Crippen molar-refractivity contribution in [1.82, 2.24) is 15.5 Å². The Labute approximate surface area is 240 Å². The van der Waals surface area contributed by atoms with E-state index >= 15 is 0 Å². The average Bonchev–Trinajstić information content (AvgIpc) is 3.51. The van der Waals surface area contributed by atoms with Crippen LogP contribution in [0, 0.1) is 17.8 Å². The van der Waals surface area contributed by atoms with Crippen LogP contribution in [0.4, 0.5) is 5.69 Å². The summed E-state index contributed by atoms with van der Waals surface area (Å²) in [6.45, 7) is 8.53. The Bertz CT molecular complexity index is 1130. The number of nitrogen functional groups attached to an aromatic ring is 1. The summed E-state index contributed by atoms with van der Waals surface area (Å²) in [5, 5.41) is 5.86. The second-order valence-electron chi connectivity index (χ2n) is 11.8. The van der Waals surface area contributed by atoms with Gasteiger partial charge in [-0.3, -0.25) is 19.2 Å². The lowest BCUT2D eigenvalue weighted by Gasteiger charge is -2.39. The van der Waals surface area contributed by atoms with Crippen LogP contribution in [0.3, 0.4) is 0 Å². The van der Waals surface area contributed by atoms with E-state index in [4.69, 9.17) is 26.8 Å². The first-order valence-corrected chi connectivity index (χ1v) is 14.6. The minimum absolute atomic E-state index is 0.0162. The van der Waals surface area contributed by atoms with Crippen molar-refractivity contribution in [2.24, 2.45) is 17.8 Å². The number of cyclic esters (lactones) is 1. The number of anilines is 1.